The normalized spacial score (nSPS) is 10.5. The van der Waals surface area contributed by atoms with E-state index in [0.717, 1.165) is 11.4 Å². The summed E-state index contributed by atoms with van der Waals surface area (Å²) < 4.78 is 1.60. The zero-order valence-electron chi connectivity index (χ0n) is 8.04. The first kappa shape index (κ1) is 9.67. The highest BCUT2D eigenvalue weighted by molar-refractivity contribution is 5.35. The van der Waals surface area contributed by atoms with Gasteiger partial charge in [0.25, 0.3) is 0 Å². The van der Waals surface area contributed by atoms with Crippen molar-refractivity contribution >= 4 is 0 Å². The van der Waals surface area contributed by atoms with Crippen LogP contribution < -0.4 is 0 Å². The Kier molecular flexibility index (Phi) is 2.64. The number of hydrogen-bond donors (Lipinski definition) is 2. The molecule has 2 aromatic rings. The molecule has 0 atom stereocenters. The first-order valence-corrected chi connectivity index (χ1v) is 4.61. The minimum atomic E-state index is 0.0638. The Hall–Kier alpha value is -1.88. The van der Waals surface area contributed by atoms with E-state index in [9.17, 15) is 0 Å². The van der Waals surface area contributed by atoms with Crippen molar-refractivity contribution in [3.05, 3.63) is 36.2 Å². The molecule has 0 bridgehead atoms. The number of aromatic hydroxyl groups is 1. The maximum Gasteiger partial charge on any atom is 0.115 e. The lowest BCUT2D eigenvalue weighted by Crippen LogP contribution is -1.93. The molecule has 0 unspecified atom stereocenters. The van der Waals surface area contributed by atoms with Gasteiger partial charge in [-0.2, -0.15) is 0 Å². The number of rotatable bonds is 3. The van der Waals surface area contributed by atoms with Crippen LogP contribution in [0.2, 0.25) is 0 Å². The highest BCUT2D eigenvalue weighted by Gasteiger charge is 2.01. The maximum atomic E-state index is 9.11. The van der Waals surface area contributed by atoms with Crippen molar-refractivity contribution in [1.82, 2.24) is 15.0 Å². The number of phenols is 1. The van der Waals surface area contributed by atoms with E-state index in [4.69, 9.17) is 10.2 Å². The van der Waals surface area contributed by atoms with Crippen LogP contribution in [-0.2, 0) is 6.42 Å². The molecular formula is C10H11N3O2. The number of aromatic nitrogens is 3. The zero-order valence-corrected chi connectivity index (χ0v) is 8.04. The lowest BCUT2D eigenvalue weighted by atomic mass is 10.3. The van der Waals surface area contributed by atoms with Crippen molar-refractivity contribution < 1.29 is 10.2 Å². The minimum absolute atomic E-state index is 0.0638. The molecule has 0 radical (unpaired) electrons. The van der Waals surface area contributed by atoms with E-state index >= 15 is 0 Å². The third kappa shape index (κ3) is 2.13. The second-order valence-electron chi connectivity index (χ2n) is 3.14. The summed E-state index contributed by atoms with van der Waals surface area (Å²) in [6.07, 6.45) is 2.25. The third-order valence-electron chi connectivity index (χ3n) is 2.02. The van der Waals surface area contributed by atoms with E-state index in [1.807, 2.05) is 0 Å². The van der Waals surface area contributed by atoms with Crippen molar-refractivity contribution in [2.75, 3.05) is 6.61 Å². The number of aliphatic hydroxyl groups excluding tert-OH is 1. The van der Waals surface area contributed by atoms with Gasteiger partial charge in [-0.1, -0.05) is 5.21 Å². The molecule has 0 saturated carbocycles. The van der Waals surface area contributed by atoms with Crippen LogP contribution in [0.1, 0.15) is 5.69 Å². The summed E-state index contributed by atoms with van der Waals surface area (Å²) in [6.45, 7) is 0.0638. The Labute approximate surface area is 86.6 Å². The topological polar surface area (TPSA) is 71.2 Å². The van der Waals surface area contributed by atoms with E-state index in [0.29, 0.717) is 6.42 Å². The second-order valence-corrected chi connectivity index (χ2v) is 3.14. The molecule has 5 nitrogen and oxygen atoms in total. The monoisotopic (exact) mass is 205 g/mol. The average Bonchev–Trinajstić information content (AvgIpc) is 2.68. The Morgan fingerprint density at radius 2 is 1.93 bits per heavy atom. The van der Waals surface area contributed by atoms with Crippen LogP contribution in [0.15, 0.2) is 30.5 Å². The van der Waals surface area contributed by atoms with Gasteiger partial charge in [0.2, 0.25) is 0 Å². The molecule has 1 aromatic carbocycles. The van der Waals surface area contributed by atoms with E-state index < -0.39 is 0 Å². The lowest BCUT2D eigenvalue weighted by molar-refractivity contribution is 0.298. The van der Waals surface area contributed by atoms with E-state index in [1.54, 1.807) is 35.1 Å². The summed E-state index contributed by atoms with van der Waals surface area (Å²) in [5.41, 5.74) is 1.56. The maximum absolute atomic E-state index is 9.11. The molecule has 5 heteroatoms. The number of hydrogen-bond acceptors (Lipinski definition) is 4. The molecule has 1 aromatic heterocycles. The van der Waals surface area contributed by atoms with Gasteiger partial charge in [-0.05, 0) is 24.3 Å². The van der Waals surface area contributed by atoms with Crippen molar-refractivity contribution in [2.24, 2.45) is 0 Å². The molecule has 2 N–H and O–H groups in total. The summed E-state index contributed by atoms with van der Waals surface area (Å²) in [5.74, 6) is 0.217. The third-order valence-corrected chi connectivity index (χ3v) is 2.02. The van der Waals surface area contributed by atoms with Crippen LogP contribution in [0.5, 0.6) is 5.75 Å². The van der Waals surface area contributed by atoms with Crippen LogP contribution in [0.25, 0.3) is 5.69 Å². The van der Waals surface area contributed by atoms with E-state index in [1.165, 1.54) is 0 Å². The summed E-state index contributed by atoms with van der Waals surface area (Å²) in [6, 6.07) is 6.66. The molecule has 78 valence electrons. The number of nitrogens with zero attached hydrogens (tertiary/aromatic N) is 3. The first-order chi connectivity index (χ1) is 7.29. The number of benzene rings is 1. The van der Waals surface area contributed by atoms with Gasteiger partial charge < -0.3 is 10.2 Å². The summed E-state index contributed by atoms with van der Waals surface area (Å²) in [4.78, 5) is 0. The quantitative estimate of drug-likeness (QED) is 0.765. The van der Waals surface area contributed by atoms with Gasteiger partial charge >= 0.3 is 0 Å². The predicted molar refractivity (Wildman–Crippen MR) is 53.8 cm³/mol. The van der Waals surface area contributed by atoms with Crippen LogP contribution in [0.3, 0.4) is 0 Å². The predicted octanol–water partition coefficient (Wildman–Crippen LogP) is 0.508. The summed E-state index contributed by atoms with van der Waals surface area (Å²) in [5, 5.41) is 25.6. The summed E-state index contributed by atoms with van der Waals surface area (Å²) >= 11 is 0. The SMILES string of the molecule is OCCc1cn(-c2ccc(O)cc2)nn1. The van der Waals surface area contributed by atoms with Crippen LogP contribution >= 0.6 is 0 Å². The fourth-order valence-corrected chi connectivity index (χ4v) is 1.26. The van der Waals surface area contributed by atoms with Crippen molar-refractivity contribution in [3.63, 3.8) is 0 Å². The molecule has 0 aliphatic carbocycles. The molecule has 0 spiro atoms. The largest absolute Gasteiger partial charge is 0.508 e. The highest BCUT2D eigenvalue weighted by atomic mass is 16.3. The van der Waals surface area contributed by atoms with Crippen LogP contribution in [-0.4, -0.2) is 31.8 Å². The Balaban J connectivity index is 2.25. The van der Waals surface area contributed by atoms with Crippen LogP contribution in [0.4, 0.5) is 0 Å². The molecule has 1 heterocycles. The highest BCUT2D eigenvalue weighted by Crippen LogP contribution is 2.12. The number of aliphatic hydroxyl groups is 1. The van der Waals surface area contributed by atoms with Gasteiger partial charge in [0.15, 0.2) is 0 Å². The molecule has 0 aliphatic heterocycles. The molecule has 0 saturated heterocycles. The van der Waals surface area contributed by atoms with Gasteiger partial charge in [0, 0.05) is 13.0 Å². The fraction of sp³-hybridized carbons (Fsp3) is 0.200. The van der Waals surface area contributed by atoms with Gasteiger partial charge in [-0.3, -0.25) is 0 Å². The zero-order chi connectivity index (χ0) is 10.7. The van der Waals surface area contributed by atoms with E-state index in [-0.39, 0.29) is 12.4 Å². The standard InChI is InChI=1S/C10H11N3O2/c14-6-5-8-7-13(12-11-8)9-1-3-10(15)4-2-9/h1-4,7,14-15H,5-6H2. The van der Waals surface area contributed by atoms with Crippen molar-refractivity contribution in [3.8, 4) is 11.4 Å². The first-order valence-electron chi connectivity index (χ1n) is 4.61. The van der Waals surface area contributed by atoms with Gasteiger partial charge in [-0.15, -0.1) is 5.10 Å². The molecule has 15 heavy (non-hydrogen) atoms. The number of phenolic OH excluding ortho intramolecular Hbond substituents is 1. The second kappa shape index (κ2) is 4.10. The molecule has 0 aliphatic rings. The molecule has 2 rings (SSSR count). The van der Waals surface area contributed by atoms with Gasteiger partial charge in [0.1, 0.15) is 5.75 Å². The molecule has 0 amide bonds. The lowest BCUT2D eigenvalue weighted by Gasteiger charge is -1.98. The Morgan fingerprint density at radius 1 is 1.20 bits per heavy atom. The average molecular weight is 205 g/mol. The Morgan fingerprint density at radius 3 is 2.60 bits per heavy atom. The van der Waals surface area contributed by atoms with Crippen molar-refractivity contribution in [1.29, 1.82) is 0 Å². The van der Waals surface area contributed by atoms with Gasteiger partial charge in [-0.25, -0.2) is 4.68 Å². The van der Waals surface area contributed by atoms with Gasteiger partial charge in [0.05, 0.1) is 17.6 Å². The molecule has 0 fully saturated rings. The Bertz CT molecular complexity index is 436. The summed E-state index contributed by atoms with van der Waals surface area (Å²) in [7, 11) is 0. The smallest absolute Gasteiger partial charge is 0.115 e. The minimum Gasteiger partial charge on any atom is -0.508 e. The fourth-order valence-electron chi connectivity index (χ4n) is 1.26. The van der Waals surface area contributed by atoms with Crippen molar-refractivity contribution in [2.45, 2.75) is 6.42 Å². The molecular weight excluding hydrogens is 194 g/mol. The van der Waals surface area contributed by atoms with Crippen LogP contribution in [0, 0.1) is 0 Å². The van der Waals surface area contributed by atoms with E-state index in [2.05, 4.69) is 10.3 Å².